The first kappa shape index (κ1) is 13.8. The molecule has 1 saturated heterocycles. The molecular weight excluding hydrogens is 264 g/mol. The van der Waals surface area contributed by atoms with Crippen LogP contribution in [0, 0.1) is 6.92 Å². The number of rotatable bonds is 4. The van der Waals surface area contributed by atoms with Gasteiger partial charge in [-0.3, -0.25) is 9.80 Å². The topological polar surface area (TPSA) is 6.48 Å². The second-order valence-electron chi connectivity index (χ2n) is 5.55. The van der Waals surface area contributed by atoms with Crippen molar-refractivity contribution in [1.29, 1.82) is 0 Å². The van der Waals surface area contributed by atoms with E-state index in [2.05, 4.69) is 59.2 Å². The van der Waals surface area contributed by atoms with Gasteiger partial charge in [0.25, 0.3) is 0 Å². The number of benzene rings is 1. The van der Waals surface area contributed by atoms with Crippen LogP contribution in [-0.2, 0) is 13.1 Å². The van der Waals surface area contributed by atoms with Crippen molar-refractivity contribution in [2.24, 2.45) is 0 Å². The molecule has 0 bridgehead atoms. The maximum absolute atomic E-state index is 2.58. The molecule has 1 aliphatic heterocycles. The van der Waals surface area contributed by atoms with Gasteiger partial charge in [-0.05, 0) is 24.6 Å². The van der Waals surface area contributed by atoms with Crippen LogP contribution in [0.15, 0.2) is 42.5 Å². The first-order valence-corrected chi connectivity index (χ1v) is 8.15. The first-order valence-electron chi connectivity index (χ1n) is 7.33. The van der Waals surface area contributed by atoms with Crippen LogP contribution in [0.2, 0.25) is 0 Å². The number of aryl methyl sites for hydroxylation is 1. The lowest BCUT2D eigenvalue weighted by atomic mass is 10.2. The average Bonchev–Trinajstić information content (AvgIpc) is 2.88. The van der Waals surface area contributed by atoms with E-state index in [4.69, 9.17) is 0 Å². The van der Waals surface area contributed by atoms with Gasteiger partial charge < -0.3 is 0 Å². The van der Waals surface area contributed by atoms with Crippen molar-refractivity contribution < 1.29 is 0 Å². The van der Waals surface area contributed by atoms with Crippen LogP contribution in [0.4, 0.5) is 0 Å². The van der Waals surface area contributed by atoms with E-state index >= 15 is 0 Å². The van der Waals surface area contributed by atoms with Gasteiger partial charge in [0, 0.05) is 49.0 Å². The third-order valence-corrected chi connectivity index (χ3v) is 4.87. The SMILES string of the molecule is Cc1ccc(CN2CCN(Cc3ccccc3)CC2)s1. The Morgan fingerprint density at radius 1 is 0.850 bits per heavy atom. The van der Waals surface area contributed by atoms with E-state index in [0.29, 0.717) is 0 Å². The Balaban J connectivity index is 1.47. The summed E-state index contributed by atoms with van der Waals surface area (Å²) in [5.74, 6) is 0. The summed E-state index contributed by atoms with van der Waals surface area (Å²) in [6, 6.07) is 15.3. The monoisotopic (exact) mass is 286 g/mol. The third kappa shape index (κ3) is 3.69. The smallest absolute Gasteiger partial charge is 0.0329 e. The van der Waals surface area contributed by atoms with E-state index in [9.17, 15) is 0 Å². The highest BCUT2D eigenvalue weighted by molar-refractivity contribution is 7.11. The molecule has 0 radical (unpaired) electrons. The minimum absolute atomic E-state index is 1.09. The van der Waals surface area contributed by atoms with Crippen LogP contribution < -0.4 is 0 Å². The van der Waals surface area contributed by atoms with Gasteiger partial charge in [0.15, 0.2) is 0 Å². The zero-order valence-corrected chi connectivity index (χ0v) is 12.9. The number of thiophene rings is 1. The van der Waals surface area contributed by atoms with Gasteiger partial charge in [-0.1, -0.05) is 30.3 Å². The molecule has 0 N–H and O–H groups in total. The fourth-order valence-corrected chi connectivity index (χ4v) is 3.67. The first-order chi connectivity index (χ1) is 9.79. The summed E-state index contributed by atoms with van der Waals surface area (Å²) in [4.78, 5) is 8.06. The summed E-state index contributed by atoms with van der Waals surface area (Å²) in [6.07, 6.45) is 0. The summed E-state index contributed by atoms with van der Waals surface area (Å²) < 4.78 is 0. The van der Waals surface area contributed by atoms with Gasteiger partial charge in [-0.2, -0.15) is 0 Å². The molecular formula is C17H22N2S. The Morgan fingerprint density at radius 3 is 2.10 bits per heavy atom. The van der Waals surface area contributed by atoms with E-state index in [1.807, 2.05) is 11.3 Å². The van der Waals surface area contributed by atoms with Crippen molar-refractivity contribution in [3.8, 4) is 0 Å². The number of hydrogen-bond acceptors (Lipinski definition) is 3. The second-order valence-corrected chi connectivity index (χ2v) is 6.92. The minimum Gasteiger partial charge on any atom is -0.297 e. The Hall–Kier alpha value is -1.16. The molecule has 2 heterocycles. The molecule has 3 heteroatoms. The Kier molecular flexibility index (Phi) is 4.51. The molecule has 0 amide bonds. The molecule has 0 saturated carbocycles. The fraction of sp³-hybridized carbons (Fsp3) is 0.412. The average molecular weight is 286 g/mol. The van der Waals surface area contributed by atoms with Crippen molar-refractivity contribution >= 4 is 11.3 Å². The van der Waals surface area contributed by atoms with Gasteiger partial charge in [-0.15, -0.1) is 11.3 Å². The van der Waals surface area contributed by atoms with Crippen LogP contribution in [0.1, 0.15) is 15.3 Å². The minimum atomic E-state index is 1.09. The lowest BCUT2D eigenvalue weighted by Gasteiger charge is -2.34. The molecule has 3 rings (SSSR count). The zero-order chi connectivity index (χ0) is 13.8. The van der Waals surface area contributed by atoms with Crippen LogP contribution >= 0.6 is 11.3 Å². The van der Waals surface area contributed by atoms with Crippen LogP contribution in [-0.4, -0.2) is 36.0 Å². The molecule has 0 atom stereocenters. The molecule has 20 heavy (non-hydrogen) atoms. The summed E-state index contributed by atoms with van der Waals surface area (Å²) in [5.41, 5.74) is 1.43. The molecule has 1 aromatic heterocycles. The highest BCUT2D eigenvalue weighted by Crippen LogP contribution is 2.18. The lowest BCUT2D eigenvalue weighted by Crippen LogP contribution is -2.45. The van der Waals surface area contributed by atoms with E-state index in [-0.39, 0.29) is 0 Å². The van der Waals surface area contributed by atoms with Crippen LogP contribution in [0.25, 0.3) is 0 Å². The van der Waals surface area contributed by atoms with Gasteiger partial charge in [0.05, 0.1) is 0 Å². The quantitative estimate of drug-likeness (QED) is 0.850. The van der Waals surface area contributed by atoms with E-state index in [0.717, 1.165) is 13.1 Å². The summed E-state index contributed by atoms with van der Waals surface area (Å²) in [7, 11) is 0. The summed E-state index contributed by atoms with van der Waals surface area (Å²) >= 11 is 1.93. The molecule has 1 fully saturated rings. The standard InChI is InChI=1S/C17H22N2S/c1-15-7-8-17(20-15)14-19-11-9-18(10-12-19)13-16-5-3-2-4-6-16/h2-8H,9-14H2,1H3. The number of piperazine rings is 1. The summed E-state index contributed by atoms with van der Waals surface area (Å²) in [6.45, 7) is 9.13. The fourth-order valence-electron chi connectivity index (χ4n) is 2.74. The van der Waals surface area contributed by atoms with Crippen molar-refractivity contribution in [1.82, 2.24) is 9.80 Å². The highest BCUT2D eigenvalue weighted by atomic mass is 32.1. The predicted molar refractivity (Wildman–Crippen MR) is 86.1 cm³/mol. The normalized spacial score (nSPS) is 17.4. The second kappa shape index (κ2) is 6.53. The zero-order valence-electron chi connectivity index (χ0n) is 12.1. The van der Waals surface area contributed by atoms with Gasteiger partial charge in [-0.25, -0.2) is 0 Å². The van der Waals surface area contributed by atoms with E-state index < -0.39 is 0 Å². The molecule has 0 unspecified atom stereocenters. The lowest BCUT2D eigenvalue weighted by molar-refractivity contribution is 0.123. The Morgan fingerprint density at radius 2 is 1.50 bits per heavy atom. The Labute approximate surface area is 125 Å². The molecule has 106 valence electrons. The number of hydrogen-bond donors (Lipinski definition) is 0. The Bertz CT molecular complexity index is 527. The van der Waals surface area contributed by atoms with Crippen LogP contribution in [0.5, 0.6) is 0 Å². The van der Waals surface area contributed by atoms with Gasteiger partial charge in [0.2, 0.25) is 0 Å². The van der Waals surface area contributed by atoms with Gasteiger partial charge in [0.1, 0.15) is 0 Å². The maximum atomic E-state index is 2.58. The van der Waals surface area contributed by atoms with Crippen molar-refractivity contribution in [3.63, 3.8) is 0 Å². The van der Waals surface area contributed by atoms with Gasteiger partial charge >= 0.3 is 0 Å². The third-order valence-electron chi connectivity index (χ3n) is 3.89. The van der Waals surface area contributed by atoms with E-state index in [1.54, 1.807) is 0 Å². The molecule has 2 nitrogen and oxygen atoms in total. The molecule has 0 spiro atoms. The predicted octanol–water partition coefficient (Wildman–Crippen LogP) is 3.37. The summed E-state index contributed by atoms with van der Waals surface area (Å²) in [5, 5.41) is 0. The molecule has 1 aromatic carbocycles. The van der Waals surface area contributed by atoms with E-state index in [1.165, 1.54) is 41.5 Å². The molecule has 0 aliphatic carbocycles. The van der Waals surface area contributed by atoms with Crippen molar-refractivity contribution in [2.45, 2.75) is 20.0 Å². The highest BCUT2D eigenvalue weighted by Gasteiger charge is 2.17. The molecule has 1 aliphatic rings. The van der Waals surface area contributed by atoms with Crippen LogP contribution in [0.3, 0.4) is 0 Å². The van der Waals surface area contributed by atoms with Crippen molar-refractivity contribution in [3.05, 3.63) is 57.8 Å². The number of nitrogens with zero attached hydrogens (tertiary/aromatic N) is 2. The maximum Gasteiger partial charge on any atom is 0.0329 e. The largest absolute Gasteiger partial charge is 0.297 e. The molecule has 2 aromatic rings. The van der Waals surface area contributed by atoms with Crippen molar-refractivity contribution in [2.75, 3.05) is 26.2 Å².